The van der Waals surface area contributed by atoms with E-state index in [1.807, 2.05) is 0 Å². The molecular weight excluding hydrogens is 324 g/mol. The standard InChI is InChI=1S/C11H21NO7.C3H5NO/c13-3-5-18-4-1-2-12-8-10(16)9(15)7(6-14)19-11(8)17;1-2-5-3-4-1/h3,7-12,14-17H,1-2,4-6H2;3H,1-2H2/t7-,8-,9-,10-,11?;/m1./s1. The summed E-state index contributed by atoms with van der Waals surface area (Å²) >= 11 is 0. The summed E-state index contributed by atoms with van der Waals surface area (Å²) in [5, 5.41) is 40.9. The number of aliphatic imine (C=N–C) groups is 1. The number of ether oxygens (including phenoxy) is 3. The summed E-state index contributed by atoms with van der Waals surface area (Å²) < 4.78 is 14.6. The number of aliphatic hydroxyl groups excluding tert-OH is 4. The third-order valence-corrected chi connectivity index (χ3v) is 3.42. The lowest BCUT2D eigenvalue weighted by molar-refractivity contribution is -0.254. The summed E-state index contributed by atoms with van der Waals surface area (Å²) in [7, 11) is 0. The number of hydrogen-bond donors (Lipinski definition) is 5. The minimum absolute atomic E-state index is 0.0364. The van der Waals surface area contributed by atoms with Gasteiger partial charge in [0.05, 0.1) is 19.2 Å². The van der Waals surface area contributed by atoms with Crippen molar-refractivity contribution in [2.45, 2.75) is 37.1 Å². The number of rotatable bonds is 8. The Morgan fingerprint density at radius 2 is 2.12 bits per heavy atom. The van der Waals surface area contributed by atoms with Crippen molar-refractivity contribution in [1.82, 2.24) is 5.32 Å². The molecule has 10 heteroatoms. The Bertz CT molecular complexity index is 365. The second-order valence-corrected chi connectivity index (χ2v) is 5.19. The summed E-state index contributed by atoms with van der Waals surface area (Å²) in [5.74, 6) is 0. The van der Waals surface area contributed by atoms with Crippen LogP contribution in [0.2, 0.25) is 0 Å². The first-order chi connectivity index (χ1) is 11.6. The maximum Gasteiger partial charge on any atom is 0.173 e. The molecule has 5 N–H and O–H groups in total. The minimum Gasteiger partial charge on any atom is -0.482 e. The van der Waals surface area contributed by atoms with Gasteiger partial charge in [-0.2, -0.15) is 0 Å². The summed E-state index contributed by atoms with van der Waals surface area (Å²) in [4.78, 5) is 13.7. The number of nitrogens with one attached hydrogen (secondary N) is 1. The van der Waals surface area contributed by atoms with E-state index in [-0.39, 0.29) is 6.61 Å². The van der Waals surface area contributed by atoms with Gasteiger partial charge < -0.3 is 44.7 Å². The van der Waals surface area contributed by atoms with Crippen LogP contribution in [0.1, 0.15) is 6.42 Å². The van der Waals surface area contributed by atoms with Crippen LogP contribution in [0, 0.1) is 0 Å². The van der Waals surface area contributed by atoms with Crippen molar-refractivity contribution < 1.29 is 39.4 Å². The molecule has 0 spiro atoms. The summed E-state index contributed by atoms with van der Waals surface area (Å²) in [6.07, 6.45) is -2.11. The van der Waals surface area contributed by atoms with Crippen molar-refractivity contribution in [2.75, 3.05) is 39.5 Å². The molecule has 2 heterocycles. The molecule has 10 nitrogen and oxygen atoms in total. The zero-order valence-corrected chi connectivity index (χ0v) is 13.4. The van der Waals surface area contributed by atoms with Crippen LogP contribution in [0.4, 0.5) is 0 Å². The lowest BCUT2D eigenvalue weighted by atomic mass is 9.97. The van der Waals surface area contributed by atoms with Crippen molar-refractivity contribution in [1.29, 1.82) is 0 Å². The molecule has 0 saturated carbocycles. The van der Waals surface area contributed by atoms with Crippen molar-refractivity contribution in [3.63, 3.8) is 0 Å². The fourth-order valence-electron chi connectivity index (χ4n) is 2.16. The molecule has 1 unspecified atom stereocenters. The van der Waals surface area contributed by atoms with E-state index in [0.717, 1.165) is 13.2 Å². The predicted octanol–water partition coefficient (Wildman–Crippen LogP) is -2.97. The molecule has 0 aromatic rings. The van der Waals surface area contributed by atoms with Crippen LogP contribution in [0.5, 0.6) is 0 Å². The third-order valence-electron chi connectivity index (χ3n) is 3.42. The van der Waals surface area contributed by atoms with Crippen LogP contribution >= 0.6 is 0 Å². The van der Waals surface area contributed by atoms with Gasteiger partial charge in [0.25, 0.3) is 0 Å². The van der Waals surface area contributed by atoms with Gasteiger partial charge in [-0.15, -0.1) is 0 Å². The number of aldehydes is 1. The Labute approximate surface area is 140 Å². The van der Waals surface area contributed by atoms with Gasteiger partial charge in [-0.3, -0.25) is 4.99 Å². The van der Waals surface area contributed by atoms with Gasteiger partial charge in [-0.1, -0.05) is 0 Å². The van der Waals surface area contributed by atoms with Crippen LogP contribution in [-0.4, -0.2) is 103 Å². The quantitative estimate of drug-likeness (QED) is 0.228. The zero-order valence-electron chi connectivity index (χ0n) is 13.4. The van der Waals surface area contributed by atoms with Gasteiger partial charge in [-0.25, -0.2) is 0 Å². The second-order valence-electron chi connectivity index (χ2n) is 5.19. The Morgan fingerprint density at radius 3 is 2.67 bits per heavy atom. The Morgan fingerprint density at radius 1 is 1.33 bits per heavy atom. The average molecular weight is 350 g/mol. The fourth-order valence-corrected chi connectivity index (χ4v) is 2.16. The monoisotopic (exact) mass is 350 g/mol. The van der Waals surface area contributed by atoms with Crippen molar-refractivity contribution >= 4 is 12.7 Å². The molecule has 1 saturated heterocycles. The van der Waals surface area contributed by atoms with Crippen LogP contribution in [0.25, 0.3) is 0 Å². The summed E-state index contributed by atoms with van der Waals surface area (Å²) in [6.45, 7) is 1.96. The van der Waals surface area contributed by atoms with E-state index in [0.29, 0.717) is 25.9 Å². The molecule has 140 valence electrons. The molecule has 0 radical (unpaired) electrons. The maximum atomic E-state index is 9.99. The molecule has 2 aliphatic rings. The molecule has 24 heavy (non-hydrogen) atoms. The molecule has 2 rings (SSSR count). The van der Waals surface area contributed by atoms with Crippen LogP contribution in [-0.2, 0) is 19.0 Å². The molecule has 0 amide bonds. The molecule has 0 aromatic carbocycles. The van der Waals surface area contributed by atoms with Gasteiger partial charge in [0.1, 0.15) is 37.8 Å². The largest absolute Gasteiger partial charge is 0.482 e. The Hall–Kier alpha value is -1.14. The SMILES string of the molecule is C1=NCCO1.O=CCOCCCN[C@H]1C(O)O[C@H](CO)[C@@H](O)[C@@H]1O. The smallest absolute Gasteiger partial charge is 0.173 e. The number of carbonyl (C=O) groups excluding carboxylic acids is 1. The highest BCUT2D eigenvalue weighted by molar-refractivity contribution is 5.50. The van der Waals surface area contributed by atoms with Crippen molar-refractivity contribution in [2.24, 2.45) is 4.99 Å². The highest BCUT2D eigenvalue weighted by atomic mass is 16.6. The lowest BCUT2D eigenvalue weighted by Gasteiger charge is -2.40. The number of nitrogens with zero attached hydrogens (tertiary/aromatic N) is 1. The number of carbonyl (C=O) groups is 1. The van der Waals surface area contributed by atoms with E-state index >= 15 is 0 Å². The first-order valence-electron chi connectivity index (χ1n) is 7.77. The lowest BCUT2D eigenvalue weighted by Crippen LogP contribution is -2.63. The zero-order chi connectivity index (χ0) is 17.8. The topological polar surface area (TPSA) is 150 Å². The van der Waals surface area contributed by atoms with E-state index in [4.69, 9.17) is 14.6 Å². The van der Waals surface area contributed by atoms with Gasteiger partial charge in [0.2, 0.25) is 0 Å². The molecule has 0 aromatic heterocycles. The van der Waals surface area contributed by atoms with E-state index in [2.05, 4.69) is 15.0 Å². The van der Waals surface area contributed by atoms with E-state index in [9.17, 15) is 20.1 Å². The van der Waals surface area contributed by atoms with E-state index in [1.54, 1.807) is 0 Å². The van der Waals surface area contributed by atoms with Gasteiger partial charge in [-0.05, 0) is 13.0 Å². The van der Waals surface area contributed by atoms with Gasteiger partial charge in [0, 0.05) is 6.61 Å². The molecule has 0 aliphatic carbocycles. The second kappa shape index (κ2) is 12.3. The molecular formula is C14H26N2O8. The van der Waals surface area contributed by atoms with Gasteiger partial charge in [0.15, 0.2) is 12.7 Å². The molecule has 0 bridgehead atoms. The molecule has 5 atom stereocenters. The average Bonchev–Trinajstić information content (AvgIpc) is 3.16. The van der Waals surface area contributed by atoms with Gasteiger partial charge >= 0.3 is 0 Å². The normalized spacial score (nSPS) is 31.9. The minimum atomic E-state index is -1.31. The number of hydrogen-bond acceptors (Lipinski definition) is 10. The van der Waals surface area contributed by atoms with Crippen molar-refractivity contribution in [3.05, 3.63) is 0 Å². The number of aliphatic hydroxyl groups is 4. The third kappa shape index (κ3) is 7.18. The summed E-state index contributed by atoms with van der Waals surface area (Å²) in [5.41, 5.74) is 0. The van der Waals surface area contributed by atoms with Crippen molar-refractivity contribution in [3.8, 4) is 0 Å². The van der Waals surface area contributed by atoms with Crippen LogP contribution in [0.15, 0.2) is 4.99 Å². The fraction of sp³-hybridized carbons (Fsp3) is 0.857. The van der Waals surface area contributed by atoms with E-state index < -0.39 is 37.3 Å². The molecule has 2 aliphatic heterocycles. The predicted molar refractivity (Wildman–Crippen MR) is 82.6 cm³/mol. The van der Waals surface area contributed by atoms with Crippen LogP contribution in [0.3, 0.4) is 0 Å². The maximum absolute atomic E-state index is 9.99. The first kappa shape index (κ1) is 20.9. The Balaban J connectivity index is 0.000000488. The first-order valence-corrected chi connectivity index (χ1v) is 7.77. The summed E-state index contributed by atoms with van der Waals surface area (Å²) in [6, 6.07) is -0.844. The van der Waals surface area contributed by atoms with E-state index in [1.165, 1.54) is 6.40 Å². The highest BCUT2D eigenvalue weighted by Gasteiger charge is 2.43. The van der Waals surface area contributed by atoms with Crippen LogP contribution < -0.4 is 5.32 Å². The highest BCUT2D eigenvalue weighted by Crippen LogP contribution is 2.19. The Kier molecular flexibility index (Phi) is 10.7. The molecule has 1 fully saturated rings.